The van der Waals surface area contributed by atoms with E-state index in [1.807, 2.05) is 0 Å². The van der Waals surface area contributed by atoms with Crippen LogP contribution in [0.1, 0.15) is 37.8 Å². The summed E-state index contributed by atoms with van der Waals surface area (Å²) in [6, 6.07) is 12.1. The van der Waals surface area contributed by atoms with Crippen LogP contribution in [0.2, 0.25) is 0 Å². The van der Waals surface area contributed by atoms with E-state index in [2.05, 4.69) is 47.5 Å². The summed E-state index contributed by atoms with van der Waals surface area (Å²) >= 11 is 0. The smallest absolute Gasteiger partial charge is 0.0593 e. The number of hydrogen-bond donors (Lipinski definition) is 1. The van der Waals surface area contributed by atoms with Crippen molar-refractivity contribution >= 4 is 0 Å². The third kappa shape index (κ3) is 4.06. The van der Waals surface area contributed by atoms with Crippen molar-refractivity contribution in [2.45, 2.75) is 38.3 Å². The van der Waals surface area contributed by atoms with E-state index in [4.69, 9.17) is 4.74 Å². The van der Waals surface area contributed by atoms with E-state index >= 15 is 0 Å². The third-order valence-corrected chi connectivity index (χ3v) is 4.69. The molecule has 2 unspecified atom stereocenters. The van der Waals surface area contributed by atoms with Gasteiger partial charge in [0.2, 0.25) is 0 Å². The molecule has 0 spiro atoms. The molecular formula is C18H28N2O. The Hall–Kier alpha value is -0.900. The van der Waals surface area contributed by atoms with Gasteiger partial charge in [0.1, 0.15) is 0 Å². The minimum atomic E-state index is 0.492. The van der Waals surface area contributed by atoms with E-state index in [0.29, 0.717) is 12.1 Å². The lowest BCUT2D eigenvalue weighted by atomic mass is 9.99. The molecule has 0 bridgehead atoms. The highest BCUT2D eigenvalue weighted by molar-refractivity contribution is 5.20. The van der Waals surface area contributed by atoms with Crippen molar-refractivity contribution in [3.8, 4) is 0 Å². The molecule has 3 heteroatoms. The Morgan fingerprint density at radius 3 is 2.71 bits per heavy atom. The van der Waals surface area contributed by atoms with Crippen molar-refractivity contribution in [1.29, 1.82) is 0 Å². The van der Waals surface area contributed by atoms with E-state index in [1.54, 1.807) is 0 Å². The van der Waals surface area contributed by atoms with E-state index in [1.165, 1.54) is 24.9 Å². The molecule has 1 heterocycles. The van der Waals surface area contributed by atoms with Gasteiger partial charge in [-0.3, -0.25) is 4.90 Å². The van der Waals surface area contributed by atoms with Crippen LogP contribution in [0.5, 0.6) is 0 Å². The molecule has 1 saturated carbocycles. The molecule has 1 aromatic rings. The molecule has 3 rings (SSSR count). The van der Waals surface area contributed by atoms with Crippen LogP contribution in [-0.4, -0.2) is 43.8 Å². The van der Waals surface area contributed by atoms with Crippen LogP contribution in [0.25, 0.3) is 0 Å². The molecule has 3 nitrogen and oxygen atoms in total. The molecule has 2 aliphatic rings. The Bertz CT molecular complexity index is 418. The van der Waals surface area contributed by atoms with Crippen molar-refractivity contribution in [3.63, 3.8) is 0 Å². The minimum Gasteiger partial charge on any atom is -0.380 e. The molecule has 1 N–H and O–H groups in total. The first-order valence-electron chi connectivity index (χ1n) is 8.48. The highest BCUT2D eigenvalue weighted by atomic mass is 16.5. The molecule has 1 aliphatic heterocycles. The van der Waals surface area contributed by atoms with Crippen LogP contribution in [0.4, 0.5) is 0 Å². The van der Waals surface area contributed by atoms with Crippen molar-refractivity contribution in [2.75, 3.05) is 32.8 Å². The first-order chi connectivity index (χ1) is 10.4. The van der Waals surface area contributed by atoms with Crippen LogP contribution in [0, 0.1) is 5.92 Å². The quantitative estimate of drug-likeness (QED) is 0.781. The number of nitrogens with zero attached hydrogens (tertiary/aromatic N) is 1. The Labute approximate surface area is 128 Å². The van der Waals surface area contributed by atoms with Crippen molar-refractivity contribution in [1.82, 2.24) is 10.2 Å². The summed E-state index contributed by atoms with van der Waals surface area (Å²) in [7, 11) is 0. The fourth-order valence-corrected chi connectivity index (χ4v) is 3.33. The Morgan fingerprint density at radius 1 is 1.19 bits per heavy atom. The SMILES string of the molecule is CCCOCCN1CC(C2CC2)NCC1c1ccccc1. The predicted octanol–water partition coefficient (Wildman–Crippen LogP) is 2.84. The van der Waals surface area contributed by atoms with Gasteiger partial charge in [-0.1, -0.05) is 37.3 Å². The van der Waals surface area contributed by atoms with Crippen molar-refractivity contribution in [2.24, 2.45) is 5.92 Å². The normalized spacial score (nSPS) is 26.9. The van der Waals surface area contributed by atoms with Crippen LogP contribution >= 0.6 is 0 Å². The second kappa shape index (κ2) is 7.39. The second-order valence-corrected chi connectivity index (χ2v) is 6.39. The average molecular weight is 288 g/mol. The first-order valence-corrected chi connectivity index (χ1v) is 8.48. The number of piperazine rings is 1. The van der Waals surface area contributed by atoms with Gasteiger partial charge in [-0.25, -0.2) is 0 Å². The largest absolute Gasteiger partial charge is 0.380 e. The van der Waals surface area contributed by atoms with E-state index < -0.39 is 0 Å². The van der Waals surface area contributed by atoms with Gasteiger partial charge in [-0.05, 0) is 30.7 Å². The lowest BCUT2D eigenvalue weighted by Crippen LogP contribution is -2.53. The fourth-order valence-electron chi connectivity index (χ4n) is 3.33. The lowest BCUT2D eigenvalue weighted by Gasteiger charge is -2.41. The molecule has 0 aromatic heterocycles. The summed E-state index contributed by atoms with van der Waals surface area (Å²) in [4.78, 5) is 2.63. The molecule has 21 heavy (non-hydrogen) atoms. The zero-order chi connectivity index (χ0) is 14.5. The maximum atomic E-state index is 5.72. The number of rotatable bonds is 7. The van der Waals surface area contributed by atoms with E-state index in [9.17, 15) is 0 Å². The van der Waals surface area contributed by atoms with E-state index in [-0.39, 0.29) is 0 Å². The minimum absolute atomic E-state index is 0.492. The van der Waals surface area contributed by atoms with Gasteiger partial charge >= 0.3 is 0 Å². The summed E-state index contributed by atoms with van der Waals surface area (Å²) in [6.45, 7) is 7.19. The van der Waals surface area contributed by atoms with E-state index in [0.717, 1.165) is 38.6 Å². The highest BCUT2D eigenvalue weighted by Crippen LogP contribution is 2.36. The van der Waals surface area contributed by atoms with Gasteiger partial charge < -0.3 is 10.1 Å². The van der Waals surface area contributed by atoms with Gasteiger partial charge in [-0.2, -0.15) is 0 Å². The summed E-state index contributed by atoms with van der Waals surface area (Å²) < 4.78 is 5.72. The number of benzene rings is 1. The number of ether oxygens (including phenoxy) is 1. The van der Waals surface area contributed by atoms with Gasteiger partial charge in [0.05, 0.1) is 6.61 Å². The average Bonchev–Trinajstić information content (AvgIpc) is 3.37. The van der Waals surface area contributed by atoms with Crippen LogP contribution in [0.3, 0.4) is 0 Å². The number of nitrogens with one attached hydrogen (secondary N) is 1. The molecule has 0 radical (unpaired) electrons. The van der Waals surface area contributed by atoms with Crippen LogP contribution in [0.15, 0.2) is 30.3 Å². The van der Waals surface area contributed by atoms with Crippen LogP contribution in [-0.2, 0) is 4.74 Å². The molecule has 1 aliphatic carbocycles. The monoisotopic (exact) mass is 288 g/mol. The van der Waals surface area contributed by atoms with Gasteiger partial charge in [0, 0.05) is 38.3 Å². The maximum Gasteiger partial charge on any atom is 0.0593 e. The van der Waals surface area contributed by atoms with Crippen molar-refractivity contribution < 1.29 is 4.74 Å². The summed E-state index contributed by atoms with van der Waals surface area (Å²) in [5.41, 5.74) is 1.43. The first kappa shape index (κ1) is 15.0. The van der Waals surface area contributed by atoms with Crippen molar-refractivity contribution in [3.05, 3.63) is 35.9 Å². The molecule has 2 atom stereocenters. The lowest BCUT2D eigenvalue weighted by molar-refractivity contribution is 0.0622. The highest BCUT2D eigenvalue weighted by Gasteiger charge is 2.37. The second-order valence-electron chi connectivity index (χ2n) is 6.39. The fraction of sp³-hybridized carbons (Fsp3) is 0.667. The topological polar surface area (TPSA) is 24.5 Å². The zero-order valence-corrected chi connectivity index (χ0v) is 13.1. The molecule has 1 saturated heterocycles. The standard InChI is InChI=1S/C18H28N2O/c1-2-11-21-12-10-20-14-17(15-8-9-15)19-13-18(20)16-6-4-3-5-7-16/h3-7,15,17-19H,2,8-14H2,1H3. The third-order valence-electron chi connectivity index (χ3n) is 4.69. The molecule has 1 aromatic carbocycles. The summed E-state index contributed by atoms with van der Waals surface area (Å²) in [5.74, 6) is 0.917. The Morgan fingerprint density at radius 2 is 2.00 bits per heavy atom. The van der Waals surface area contributed by atoms with Crippen LogP contribution < -0.4 is 5.32 Å². The molecule has 116 valence electrons. The van der Waals surface area contributed by atoms with Gasteiger partial charge in [0.15, 0.2) is 0 Å². The molecule has 0 amide bonds. The van der Waals surface area contributed by atoms with Gasteiger partial charge in [0.25, 0.3) is 0 Å². The predicted molar refractivity (Wildman–Crippen MR) is 86.4 cm³/mol. The summed E-state index contributed by atoms with van der Waals surface area (Å²) in [5, 5.41) is 3.78. The Kier molecular flexibility index (Phi) is 5.28. The maximum absolute atomic E-state index is 5.72. The molecule has 2 fully saturated rings. The Balaban J connectivity index is 1.62. The number of hydrogen-bond acceptors (Lipinski definition) is 3. The zero-order valence-electron chi connectivity index (χ0n) is 13.1. The van der Waals surface area contributed by atoms with Gasteiger partial charge in [-0.15, -0.1) is 0 Å². The summed E-state index contributed by atoms with van der Waals surface area (Å²) in [6.07, 6.45) is 3.93. The molecular weight excluding hydrogens is 260 g/mol.